The smallest absolute Gasteiger partial charge is 0.224 e. The molecule has 0 radical (unpaired) electrons. The SMILES string of the molecule is O=C(Cc1ccc(Cl)c(Cl)c1)NCC1CCCC1CO. The highest BCUT2D eigenvalue weighted by Gasteiger charge is 2.26. The number of hydrogen-bond acceptors (Lipinski definition) is 2. The third-order valence-corrected chi connectivity index (χ3v) is 4.70. The van der Waals surface area contributed by atoms with Crippen molar-refractivity contribution >= 4 is 29.1 Å². The number of aliphatic hydroxyl groups excluding tert-OH is 1. The Morgan fingerprint density at radius 2 is 2.00 bits per heavy atom. The summed E-state index contributed by atoms with van der Waals surface area (Å²) in [5.41, 5.74) is 0.849. The van der Waals surface area contributed by atoms with Gasteiger partial charge in [-0.2, -0.15) is 0 Å². The first kappa shape index (κ1) is 15.6. The lowest BCUT2D eigenvalue weighted by atomic mass is 9.97. The molecule has 2 rings (SSSR count). The van der Waals surface area contributed by atoms with Crippen molar-refractivity contribution in [1.82, 2.24) is 5.32 Å². The van der Waals surface area contributed by atoms with Crippen molar-refractivity contribution in [1.29, 1.82) is 0 Å². The third-order valence-electron chi connectivity index (χ3n) is 3.96. The lowest BCUT2D eigenvalue weighted by Crippen LogP contribution is -2.32. The molecule has 2 unspecified atom stereocenters. The van der Waals surface area contributed by atoms with Crippen LogP contribution >= 0.6 is 23.2 Å². The van der Waals surface area contributed by atoms with Gasteiger partial charge < -0.3 is 10.4 Å². The van der Waals surface area contributed by atoms with E-state index in [2.05, 4.69) is 5.32 Å². The maximum Gasteiger partial charge on any atom is 0.224 e. The van der Waals surface area contributed by atoms with Crippen LogP contribution in [0, 0.1) is 11.8 Å². The molecule has 110 valence electrons. The summed E-state index contributed by atoms with van der Waals surface area (Å²) in [6.07, 6.45) is 3.58. The van der Waals surface area contributed by atoms with Gasteiger partial charge in [-0.25, -0.2) is 0 Å². The summed E-state index contributed by atoms with van der Waals surface area (Å²) in [7, 11) is 0. The number of amides is 1. The van der Waals surface area contributed by atoms with Gasteiger partial charge in [0.1, 0.15) is 0 Å². The minimum absolute atomic E-state index is 0.0213. The molecule has 0 aliphatic heterocycles. The van der Waals surface area contributed by atoms with Crippen LogP contribution in [-0.4, -0.2) is 24.2 Å². The first-order chi connectivity index (χ1) is 9.60. The number of nitrogens with one attached hydrogen (secondary N) is 1. The third kappa shape index (κ3) is 4.11. The molecule has 1 fully saturated rings. The normalized spacial score (nSPS) is 21.9. The van der Waals surface area contributed by atoms with E-state index in [4.69, 9.17) is 23.2 Å². The molecule has 1 aliphatic rings. The fourth-order valence-electron chi connectivity index (χ4n) is 2.77. The lowest BCUT2D eigenvalue weighted by molar-refractivity contribution is -0.120. The summed E-state index contributed by atoms with van der Waals surface area (Å²) < 4.78 is 0. The van der Waals surface area contributed by atoms with Crippen molar-refractivity contribution in [3.8, 4) is 0 Å². The van der Waals surface area contributed by atoms with Crippen molar-refractivity contribution in [2.75, 3.05) is 13.2 Å². The van der Waals surface area contributed by atoms with E-state index in [1.165, 1.54) is 0 Å². The zero-order chi connectivity index (χ0) is 14.5. The summed E-state index contributed by atoms with van der Waals surface area (Å²) in [6, 6.07) is 5.22. The standard InChI is InChI=1S/C15H19Cl2NO2/c16-13-5-4-10(6-14(13)17)7-15(20)18-8-11-2-1-3-12(11)9-19/h4-6,11-12,19H,1-3,7-9H2,(H,18,20). The molecule has 1 aliphatic carbocycles. The number of hydrogen-bond donors (Lipinski definition) is 2. The Hall–Kier alpha value is -0.770. The second-order valence-corrected chi connectivity index (χ2v) is 6.18. The molecule has 1 aromatic carbocycles. The van der Waals surface area contributed by atoms with Gasteiger partial charge in [-0.1, -0.05) is 35.7 Å². The highest BCUT2D eigenvalue weighted by Crippen LogP contribution is 2.30. The average Bonchev–Trinajstić information content (AvgIpc) is 2.88. The van der Waals surface area contributed by atoms with E-state index in [1.807, 2.05) is 0 Å². The van der Waals surface area contributed by atoms with E-state index >= 15 is 0 Å². The van der Waals surface area contributed by atoms with Gasteiger partial charge in [0.05, 0.1) is 16.5 Å². The number of carbonyl (C=O) groups excluding carboxylic acids is 1. The topological polar surface area (TPSA) is 49.3 Å². The summed E-state index contributed by atoms with van der Waals surface area (Å²) in [4.78, 5) is 11.9. The molecule has 0 saturated heterocycles. The number of aliphatic hydroxyl groups is 1. The Labute approximate surface area is 129 Å². The number of carbonyl (C=O) groups is 1. The van der Waals surface area contributed by atoms with Gasteiger partial charge in [0, 0.05) is 13.2 Å². The molecule has 0 heterocycles. The lowest BCUT2D eigenvalue weighted by Gasteiger charge is -2.17. The highest BCUT2D eigenvalue weighted by atomic mass is 35.5. The van der Waals surface area contributed by atoms with Crippen molar-refractivity contribution in [3.63, 3.8) is 0 Å². The van der Waals surface area contributed by atoms with E-state index in [0.29, 0.717) is 34.8 Å². The predicted molar refractivity (Wildman–Crippen MR) is 81.1 cm³/mol. The summed E-state index contributed by atoms with van der Waals surface area (Å²) >= 11 is 11.8. The van der Waals surface area contributed by atoms with Crippen LogP contribution in [0.1, 0.15) is 24.8 Å². The Morgan fingerprint density at radius 1 is 1.25 bits per heavy atom. The minimum Gasteiger partial charge on any atom is -0.396 e. The molecule has 3 nitrogen and oxygen atoms in total. The van der Waals surface area contributed by atoms with Crippen LogP contribution in [0.25, 0.3) is 0 Å². The van der Waals surface area contributed by atoms with Crippen molar-refractivity contribution in [2.24, 2.45) is 11.8 Å². The molecule has 1 aromatic rings. The molecule has 2 N–H and O–H groups in total. The average molecular weight is 316 g/mol. The molecule has 0 aromatic heterocycles. The van der Waals surface area contributed by atoms with E-state index in [9.17, 15) is 9.90 Å². The zero-order valence-electron chi connectivity index (χ0n) is 11.2. The second-order valence-electron chi connectivity index (χ2n) is 5.36. The number of halogens is 2. The number of benzene rings is 1. The van der Waals surface area contributed by atoms with Crippen LogP contribution < -0.4 is 5.32 Å². The van der Waals surface area contributed by atoms with Crippen LogP contribution in [-0.2, 0) is 11.2 Å². The van der Waals surface area contributed by atoms with Gasteiger partial charge in [0.15, 0.2) is 0 Å². The first-order valence-electron chi connectivity index (χ1n) is 6.91. The van der Waals surface area contributed by atoms with Gasteiger partial charge in [0.2, 0.25) is 5.91 Å². The fourth-order valence-corrected chi connectivity index (χ4v) is 3.09. The Morgan fingerprint density at radius 3 is 2.70 bits per heavy atom. The molecule has 1 saturated carbocycles. The van der Waals surface area contributed by atoms with Gasteiger partial charge in [-0.3, -0.25) is 4.79 Å². The van der Waals surface area contributed by atoms with Crippen LogP contribution in [0.4, 0.5) is 0 Å². The maximum absolute atomic E-state index is 11.9. The molecule has 5 heteroatoms. The van der Waals surface area contributed by atoms with Gasteiger partial charge in [-0.15, -0.1) is 0 Å². The summed E-state index contributed by atoms with van der Waals surface area (Å²) in [6.45, 7) is 0.860. The van der Waals surface area contributed by atoms with E-state index in [0.717, 1.165) is 24.8 Å². The molecule has 1 amide bonds. The van der Waals surface area contributed by atoms with E-state index in [1.54, 1.807) is 18.2 Å². The maximum atomic E-state index is 11.9. The summed E-state index contributed by atoms with van der Waals surface area (Å²) in [5, 5.41) is 13.2. The fraction of sp³-hybridized carbons (Fsp3) is 0.533. The van der Waals surface area contributed by atoms with Crippen molar-refractivity contribution < 1.29 is 9.90 Å². The summed E-state index contributed by atoms with van der Waals surface area (Å²) in [5.74, 6) is 0.713. The molecule has 2 atom stereocenters. The highest BCUT2D eigenvalue weighted by molar-refractivity contribution is 6.42. The van der Waals surface area contributed by atoms with Crippen LogP contribution in [0.2, 0.25) is 10.0 Å². The van der Waals surface area contributed by atoms with Gasteiger partial charge in [0.25, 0.3) is 0 Å². The monoisotopic (exact) mass is 315 g/mol. The van der Waals surface area contributed by atoms with Gasteiger partial charge in [-0.05, 0) is 42.4 Å². The number of rotatable bonds is 5. The molecule has 0 bridgehead atoms. The minimum atomic E-state index is -0.0213. The quantitative estimate of drug-likeness (QED) is 0.877. The Kier molecular flexibility index (Phi) is 5.70. The Balaban J connectivity index is 1.81. The van der Waals surface area contributed by atoms with E-state index < -0.39 is 0 Å². The predicted octanol–water partition coefficient (Wildman–Crippen LogP) is 3.06. The van der Waals surface area contributed by atoms with Gasteiger partial charge >= 0.3 is 0 Å². The van der Waals surface area contributed by atoms with Crippen LogP contribution in [0.15, 0.2) is 18.2 Å². The first-order valence-corrected chi connectivity index (χ1v) is 7.67. The van der Waals surface area contributed by atoms with Crippen LogP contribution in [0.3, 0.4) is 0 Å². The molecule has 0 spiro atoms. The van der Waals surface area contributed by atoms with Crippen molar-refractivity contribution in [3.05, 3.63) is 33.8 Å². The van der Waals surface area contributed by atoms with Crippen LogP contribution in [0.5, 0.6) is 0 Å². The molecular weight excluding hydrogens is 297 g/mol. The zero-order valence-corrected chi connectivity index (χ0v) is 12.8. The second kappa shape index (κ2) is 7.30. The molecular formula is C15H19Cl2NO2. The van der Waals surface area contributed by atoms with Crippen molar-refractivity contribution in [2.45, 2.75) is 25.7 Å². The Bertz CT molecular complexity index is 479. The molecule has 20 heavy (non-hydrogen) atoms. The van der Waals surface area contributed by atoms with E-state index in [-0.39, 0.29) is 12.5 Å². The largest absolute Gasteiger partial charge is 0.396 e.